The summed E-state index contributed by atoms with van der Waals surface area (Å²) in [6.07, 6.45) is 0.698. The van der Waals surface area contributed by atoms with Crippen LogP contribution in [0, 0.1) is 10.1 Å². The molecule has 0 saturated heterocycles. The van der Waals surface area contributed by atoms with Gasteiger partial charge in [-0.1, -0.05) is 18.2 Å². The second-order valence-corrected chi connectivity index (χ2v) is 6.08. The van der Waals surface area contributed by atoms with Gasteiger partial charge >= 0.3 is 0 Å². The Bertz CT molecular complexity index is 994. The molecule has 0 saturated carbocycles. The third-order valence-electron chi connectivity index (χ3n) is 4.21. The second kappa shape index (κ2) is 13.0. The number of fused-ring (bicyclic) bond motifs is 1. The van der Waals surface area contributed by atoms with Crippen LogP contribution in [0.2, 0.25) is 0 Å². The minimum absolute atomic E-state index is 0.0106. The minimum atomic E-state index is -0.435. The van der Waals surface area contributed by atoms with Crippen LogP contribution in [0.3, 0.4) is 0 Å². The third-order valence-corrected chi connectivity index (χ3v) is 4.21. The molecule has 0 amide bonds. The van der Waals surface area contributed by atoms with Gasteiger partial charge in [0.05, 0.1) is 21.5 Å². The van der Waals surface area contributed by atoms with Gasteiger partial charge in [0.25, 0.3) is 5.69 Å². The fourth-order valence-corrected chi connectivity index (χ4v) is 2.91. The number of nitro groups is 1. The molecular formula is C23H29N3O5. The van der Waals surface area contributed by atoms with Crippen molar-refractivity contribution in [3.63, 3.8) is 0 Å². The molecule has 31 heavy (non-hydrogen) atoms. The molecule has 0 radical (unpaired) electrons. The van der Waals surface area contributed by atoms with Crippen molar-refractivity contribution >= 4 is 23.0 Å². The van der Waals surface area contributed by atoms with Crippen LogP contribution in [-0.2, 0) is 16.5 Å². The zero-order valence-electron chi connectivity index (χ0n) is 18.4. The van der Waals surface area contributed by atoms with Gasteiger partial charge in [0.2, 0.25) is 0 Å². The largest absolute Gasteiger partial charge is 0.353 e. The van der Waals surface area contributed by atoms with E-state index in [1.165, 1.54) is 6.07 Å². The molecule has 0 fully saturated rings. The number of para-hydroxylation sites is 2. The molecule has 166 valence electrons. The predicted octanol–water partition coefficient (Wildman–Crippen LogP) is 5.17. The zero-order chi connectivity index (χ0) is 23.4. The fraction of sp³-hybridized carbons (Fsp3) is 0.304. The maximum absolute atomic E-state index is 11.2. The van der Waals surface area contributed by atoms with E-state index >= 15 is 0 Å². The number of hydrogen-bond donors (Lipinski definition) is 0. The standard InChI is InChI=1S/C15H11N3O3.C6H14O2.C2H4/c1-17-13-8-4-5-10(9-19)14(13)16-15(17)11-6-2-3-7-12(11)18(20)21;1-4-7-6(3)8-5-2;1-2/h2-9H,1H3;6H,4-5H2,1-3H3;1-2H2. The van der Waals surface area contributed by atoms with Crippen LogP contribution in [-0.4, -0.2) is 40.3 Å². The summed E-state index contributed by atoms with van der Waals surface area (Å²) in [5.74, 6) is 0.464. The van der Waals surface area contributed by atoms with E-state index in [1.54, 1.807) is 41.9 Å². The van der Waals surface area contributed by atoms with E-state index in [1.807, 2.05) is 26.8 Å². The number of benzene rings is 2. The van der Waals surface area contributed by atoms with Gasteiger partial charge in [-0.15, -0.1) is 13.2 Å². The number of aryl methyl sites for hydroxylation is 1. The van der Waals surface area contributed by atoms with Crippen LogP contribution in [0.5, 0.6) is 0 Å². The number of rotatable bonds is 7. The van der Waals surface area contributed by atoms with E-state index < -0.39 is 4.92 Å². The van der Waals surface area contributed by atoms with Gasteiger partial charge < -0.3 is 14.0 Å². The summed E-state index contributed by atoms with van der Waals surface area (Å²) in [4.78, 5) is 26.2. The Hall–Kier alpha value is -3.36. The fourth-order valence-electron chi connectivity index (χ4n) is 2.91. The number of ether oxygens (including phenoxy) is 2. The van der Waals surface area contributed by atoms with Gasteiger partial charge in [-0.3, -0.25) is 14.9 Å². The van der Waals surface area contributed by atoms with Crippen LogP contribution < -0.4 is 0 Å². The van der Waals surface area contributed by atoms with E-state index in [4.69, 9.17) is 9.47 Å². The molecule has 0 unspecified atom stereocenters. The molecule has 8 nitrogen and oxygen atoms in total. The summed E-state index contributed by atoms with van der Waals surface area (Å²) in [5.41, 5.74) is 2.19. The van der Waals surface area contributed by atoms with Crippen molar-refractivity contribution in [1.29, 1.82) is 0 Å². The first kappa shape index (κ1) is 25.7. The molecular weight excluding hydrogens is 398 g/mol. The first-order valence-corrected chi connectivity index (χ1v) is 9.82. The lowest BCUT2D eigenvalue weighted by Crippen LogP contribution is -2.11. The lowest BCUT2D eigenvalue weighted by Gasteiger charge is -2.09. The van der Waals surface area contributed by atoms with Crippen molar-refractivity contribution in [3.8, 4) is 11.4 Å². The Balaban J connectivity index is 0.000000409. The maximum atomic E-state index is 11.2. The Labute approximate surface area is 182 Å². The smallest absolute Gasteiger partial charge is 0.280 e. The topological polar surface area (TPSA) is 96.5 Å². The molecule has 0 aliphatic carbocycles. The van der Waals surface area contributed by atoms with E-state index in [0.717, 1.165) is 25.0 Å². The van der Waals surface area contributed by atoms with Gasteiger partial charge in [-0.25, -0.2) is 4.98 Å². The van der Waals surface area contributed by atoms with Crippen LogP contribution in [0.15, 0.2) is 55.6 Å². The molecule has 0 aliphatic heterocycles. The monoisotopic (exact) mass is 427 g/mol. The first-order valence-electron chi connectivity index (χ1n) is 9.82. The van der Waals surface area contributed by atoms with Crippen molar-refractivity contribution < 1.29 is 19.2 Å². The third kappa shape index (κ3) is 6.56. The van der Waals surface area contributed by atoms with Gasteiger partial charge in [0.1, 0.15) is 5.82 Å². The highest BCUT2D eigenvalue weighted by molar-refractivity contribution is 5.96. The van der Waals surface area contributed by atoms with Crippen molar-refractivity contribution in [2.45, 2.75) is 27.1 Å². The average molecular weight is 428 g/mol. The molecule has 1 heterocycles. The molecule has 3 aromatic rings. The minimum Gasteiger partial charge on any atom is -0.353 e. The number of hydrogen-bond acceptors (Lipinski definition) is 6. The predicted molar refractivity (Wildman–Crippen MR) is 122 cm³/mol. The number of carbonyl (C=O) groups is 1. The van der Waals surface area contributed by atoms with Gasteiger partial charge in [-0.2, -0.15) is 0 Å². The highest BCUT2D eigenvalue weighted by atomic mass is 16.7. The number of nitrogens with zero attached hydrogens (tertiary/aromatic N) is 3. The Morgan fingerprint density at radius 1 is 1.13 bits per heavy atom. The van der Waals surface area contributed by atoms with Crippen LogP contribution >= 0.6 is 0 Å². The lowest BCUT2D eigenvalue weighted by molar-refractivity contribution is -0.384. The summed E-state index contributed by atoms with van der Waals surface area (Å²) < 4.78 is 11.9. The van der Waals surface area contributed by atoms with E-state index in [9.17, 15) is 14.9 Å². The lowest BCUT2D eigenvalue weighted by atomic mass is 10.1. The highest BCUT2D eigenvalue weighted by Gasteiger charge is 2.20. The summed E-state index contributed by atoms with van der Waals surface area (Å²) in [7, 11) is 1.77. The van der Waals surface area contributed by atoms with Crippen molar-refractivity contribution in [2.75, 3.05) is 13.2 Å². The molecule has 0 bridgehead atoms. The van der Waals surface area contributed by atoms with Crippen molar-refractivity contribution in [2.24, 2.45) is 7.05 Å². The summed E-state index contributed by atoms with van der Waals surface area (Å²) in [6.45, 7) is 13.3. The number of aromatic nitrogens is 2. The number of nitro benzene ring substituents is 1. The van der Waals surface area contributed by atoms with Crippen LogP contribution in [0.1, 0.15) is 31.1 Å². The number of imidazole rings is 1. The molecule has 0 N–H and O–H groups in total. The SMILES string of the molecule is C=C.CCOC(C)OCC.Cn1c(-c2ccccc2[N+](=O)[O-])nc2c(C=O)cccc21. The summed E-state index contributed by atoms with van der Waals surface area (Å²) in [5, 5.41) is 11.2. The van der Waals surface area contributed by atoms with Crippen LogP contribution in [0.4, 0.5) is 5.69 Å². The molecule has 1 aromatic heterocycles. The van der Waals surface area contributed by atoms with E-state index in [2.05, 4.69) is 18.1 Å². The zero-order valence-corrected chi connectivity index (χ0v) is 18.4. The van der Waals surface area contributed by atoms with Gasteiger partial charge in [0.15, 0.2) is 12.6 Å². The Morgan fingerprint density at radius 2 is 1.74 bits per heavy atom. The molecule has 0 spiro atoms. The second-order valence-electron chi connectivity index (χ2n) is 6.08. The first-order chi connectivity index (χ1) is 14.9. The molecule has 0 atom stereocenters. The molecule has 0 aliphatic rings. The molecule has 8 heteroatoms. The quantitative estimate of drug-likeness (QED) is 0.170. The molecule has 2 aromatic carbocycles. The Kier molecular flexibility index (Phi) is 10.8. The summed E-state index contributed by atoms with van der Waals surface area (Å²) in [6, 6.07) is 11.7. The summed E-state index contributed by atoms with van der Waals surface area (Å²) >= 11 is 0. The van der Waals surface area contributed by atoms with Gasteiger partial charge in [0, 0.05) is 31.9 Å². The number of aldehydes is 1. The highest BCUT2D eigenvalue weighted by Crippen LogP contribution is 2.31. The average Bonchev–Trinajstić information content (AvgIpc) is 3.12. The normalized spacial score (nSPS) is 10.1. The van der Waals surface area contributed by atoms with Crippen LogP contribution in [0.25, 0.3) is 22.4 Å². The van der Waals surface area contributed by atoms with E-state index in [0.29, 0.717) is 22.5 Å². The molecule has 3 rings (SSSR count). The maximum Gasteiger partial charge on any atom is 0.280 e. The number of carbonyl (C=O) groups excluding carboxylic acids is 1. The van der Waals surface area contributed by atoms with Crippen molar-refractivity contribution in [3.05, 3.63) is 71.3 Å². The van der Waals surface area contributed by atoms with Crippen molar-refractivity contribution in [1.82, 2.24) is 9.55 Å². The van der Waals surface area contributed by atoms with E-state index in [-0.39, 0.29) is 12.0 Å². The van der Waals surface area contributed by atoms with Gasteiger partial charge in [-0.05, 0) is 39.0 Å². The Morgan fingerprint density at radius 3 is 2.29 bits per heavy atom.